The van der Waals surface area contributed by atoms with Gasteiger partial charge in [0.15, 0.2) is 0 Å². The molecular weight excluding hydrogens is 234 g/mol. The summed E-state index contributed by atoms with van der Waals surface area (Å²) in [4.78, 5) is 3.51. The topological polar surface area (TPSA) is 31.4 Å². The van der Waals surface area contributed by atoms with Crippen LogP contribution in [-0.2, 0) is 4.74 Å². The number of hydrogen-bond donors (Lipinski definition) is 0. The van der Waals surface area contributed by atoms with Gasteiger partial charge in [-0.05, 0) is 18.9 Å². The second-order valence-electron chi connectivity index (χ2n) is 3.58. The van der Waals surface area contributed by atoms with E-state index < -0.39 is 12.4 Å². The number of halogens is 3. The number of hydrogen-bond acceptors (Lipinski definition) is 3. The van der Waals surface area contributed by atoms with Crippen LogP contribution in [-0.4, -0.2) is 32.3 Å². The van der Waals surface area contributed by atoms with Crippen LogP contribution in [0, 0.1) is 0 Å². The van der Waals surface area contributed by atoms with Crippen molar-refractivity contribution in [2.75, 3.05) is 20.3 Å². The molecular formula is C10H14BF3NO2-. The Kier molecular flexibility index (Phi) is 5.28. The molecule has 0 amide bonds. The summed E-state index contributed by atoms with van der Waals surface area (Å²) >= 11 is 0. The van der Waals surface area contributed by atoms with Crippen molar-refractivity contribution < 1.29 is 22.4 Å². The van der Waals surface area contributed by atoms with E-state index >= 15 is 0 Å². The molecule has 0 unspecified atom stereocenters. The van der Waals surface area contributed by atoms with Gasteiger partial charge in [-0.25, -0.2) is 0 Å². The molecule has 0 N–H and O–H groups in total. The quantitative estimate of drug-likeness (QED) is 0.545. The van der Waals surface area contributed by atoms with E-state index in [4.69, 9.17) is 9.47 Å². The highest BCUT2D eigenvalue weighted by Crippen LogP contribution is 2.13. The van der Waals surface area contributed by atoms with Gasteiger partial charge >= 0.3 is 6.98 Å². The zero-order chi connectivity index (χ0) is 12.7. The summed E-state index contributed by atoms with van der Waals surface area (Å²) in [5.41, 5.74) is -0.737. The highest BCUT2D eigenvalue weighted by atomic mass is 19.4. The van der Waals surface area contributed by atoms with Gasteiger partial charge < -0.3 is 22.4 Å². The first-order valence-corrected chi connectivity index (χ1v) is 5.30. The van der Waals surface area contributed by atoms with E-state index in [1.54, 1.807) is 7.11 Å². The van der Waals surface area contributed by atoms with Crippen LogP contribution in [0.3, 0.4) is 0 Å². The summed E-state index contributed by atoms with van der Waals surface area (Å²) in [6.07, 6.45) is 3.63. The Balaban J connectivity index is 2.44. The lowest BCUT2D eigenvalue weighted by Crippen LogP contribution is -2.34. The first-order valence-electron chi connectivity index (χ1n) is 5.30. The largest absolute Gasteiger partial charge is 0.511 e. The Bertz CT molecular complexity index is 347. The Labute approximate surface area is 98.0 Å². The van der Waals surface area contributed by atoms with Crippen molar-refractivity contribution >= 4 is 12.4 Å². The van der Waals surface area contributed by atoms with Crippen molar-refractivity contribution in [2.24, 2.45) is 0 Å². The molecule has 3 nitrogen and oxygen atoms in total. The normalized spacial score (nSPS) is 11.5. The molecule has 0 spiro atoms. The fraction of sp³-hybridized carbons (Fsp3) is 0.500. The van der Waals surface area contributed by atoms with E-state index in [0.717, 1.165) is 25.1 Å². The van der Waals surface area contributed by atoms with Crippen molar-refractivity contribution in [3.63, 3.8) is 0 Å². The number of ether oxygens (including phenoxy) is 2. The summed E-state index contributed by atoms with van der Waals surface area (Å²) in [6.45, 7) is -4.04. The summed E-state index contributed by atoms with van der Waals surface area (Å²) in [5.74, 6) is 0.152. The van der Waals surface area contributed by atoms with E-state index in [2.05, 4.69) is 4.98 Å². The van der Waals surface area contributed by atoms with Crippen LogP contribution in [0.15, 0.2) is 18.5 Å². The van der Waals surface area contributed by atoms with Gasteiger partial charge in [-0.15, -0.1) is 0 Å². The van der Waals surface area contributed by atoms with Gasteiger partial charge in [-0.3, -0.25) is 4.98 Å². The minimum atomic E-state index is -5.02. The lowest BCUT2D eigenvalue weighted by molar-refractivity contribution is 0.184. The second kappa shape index (κ2) is 6.49. The molecule has 0 fully saturated rings. The predicted octanol–water partition coefficient (Wildman–Crippen LogP) is 1.94. The highest BCUT2D eigenvalue weighted by Gasteiger charge is 2.26. The summed E-state index contributed by atoms with van der Waals surface area (Å²) < 4.78 is 47.2. The minimum Gasteiger partial charge on any atom is -0.492 e. The van der Waals surface area contributed by atoms with Crippen LogP contribution in [0.2, 0.25) is 0 Å². The van der Waals surface area contributed by atoms with Crippen molar-refractivity contribution in [1.29, 1.82) is 0 Å². The number of nitrogens with zero attached hydrogens (tertiary/aromatic N) is 1. The first-order chi connectivity index (χ1) is 8.04. The molecule has 0 radical (unpaired) electrons. The Hall–Kier alpha value is -1.24. The van der Waals surface area contributed by atoms with Gasteiger partial charge in [-0.2, -0.15) is 0 Å². The van der Waals surface area contributed by atoms with Gasteiger partial charge in [-0.1, -0.05) is 5.46 Å². The average molecular weight is 248 g/mol. The van der Waals surface area contributed by atoms with E-state index in [9.17, 15) is 12.9 Å². The maximum atomic E-state index is 12.4. The Morgan fingerprint density at radius 1 is 1.18 bits per heavy atom. The molecule has 0 aliphatic rings. The highest BCUT2D eigenvalue weighted by molar-refractivity contribution is 6.73. The van der Waals surface area contributed by atoms with E-state index in [0.29, 0.717) is 13.2 Å². The van der Waals surface area contributed by atoms with Crippen LogP contribution in [0.1, 0.15) is 12.8 Å². The van der Waals surface area contributed by atoms with Gasteiger partial charge in [0.1, 0.15) is 5.75 Å². The van der Waals surface area contributed by atoms with E-state index in [1.807, 2.05) is 0 Å². The number of aromatic nitrogens is 1. The monoisotopic (exact) mass is 248 g/mol. The molecule has 0 atom stereocenters. The van der Waals surface area contributed by atoms with E-state index in [1.165, 1.54) is 6.20 Å². The number of methoxy groups -OCH3 is 1. The predicted molar refractivity (Wildman–Crippen MR) is 59.6 cm³/mol. The van der Waals surface area contributed by atoms with Crippen LogP contribution >= 0.6 is 0 Å². The van der Waals surface area contributed by atoms with Gasteiger partial charge in [0.25, 0.3) is 0 Å². The van der Waals surface area contributed by atoms with Crippen molar-refractivity contribution in [3.8, 4) is 5.75 Å². The third-order valence-electron chi connectivity index (χ3n) is 2.12. The SMILES string of the molecule is COCCCCOc1cncc([B-](F)(F)F)c1. The average Bonchev–Trinajstić information content (AvgIpc) is 2.28. The zero-order valence-corrected chi connectivity index (χ0v) is 9.54. The number of pyridine rings is 1. The summed E-state index contributed by atoms with van der Waals surface area (Å²) in [6, 6.07) is 0.976. The third kappa shape index (κ3) is 5.08. The molecule has 7 heteroatoms. The standard InChI is InChI=1S/C10H14BF3NO2/c1-16-4-2-3-5-17-10-6-9(7-15-8-10)11(12,13)14/h6-8H,2-5H2,1H3/q-1. The molecule has 0 aromatic carbocycles. The molecule has 1 aromatic rings. The smallest absolute Gasteiger partial charge is 0.492 e. The molecule has 96 valence electrons. The molecule has 0 saturated carbocycles. The van der Waals surface area contributed by atoms with Gasteiger partial charge in [0.2, 0.25) is 0 Å². The van der Waals surface area contributed by atoms with Crippen LogP contribution in [0.5, 0.6) is 5.75 Å². The van der Waals surface area contributed by atoms with Crippen molar-refractivity contribution in [3.05, 3.63) is 18.5 Å². The van der Waals surface area contributed by atoms with Crippen molar-refractivity contribution in [2.45, 2.75) is 12.8 Å². The van der Waals surface area contributed by atoms with Crippen LogP contribution in [0.4, 0.5) is 12.9 Å². The molecule has 1 rings (SSSR count). The molecule has 1 heterocycles. The fourth-order valence-electron chi connectivity index (χ4n) is 1.23. The van der Waals surface area contributed by atoms with Gasteiger partial charge in [0.05, 0.1) is 12.8 Å². The molecule has 0 bridgehead atoms. The van der Waals surface area contributed by atoms with Crippen LogP contribution in [0.25, 0.3) is 0 Å². The minimum absolute atomic E-state index is 0.152. The number of rotatable bonds is 7. The second-order valence-corrected chi connectivity index (χ2v) is 3.58. The van der Waals surface area contributed by atoms with Gasteiger partial charge in [0, 0.05) is 19.9 Å². The van der Waals surface area contributed by atoms with E-state index in [-0.39, 0.29) is 5.75 Å². The maximum Gasteiger partial charge on any atom is 0.511 e. The molecule has 0 aliphatic carbocycles. The molecule has 0 saturated heterocycles. The van der Waals surface area contributed by atoms with Crippen LogP contribution < -0.4 is 10.2 Å². The number of unbranched alkanes of at least 4 members (excludes halogenated alkanes) is 1. The first kappa shape index (κ1) is 13.8. The fourth-order valence-corrected chi connectivity index (χ4v) is 1.23. The maximum absolute atomic E-state index is 12.4. The molecule has 17 heavy (non-hydrogen) atoms. The molecule has 0 aliphatic heterocycles. The lowest BCUT2D eigenvalue weighted by atomic mass is 9.81. The molecule has 1 aromatic heterocycles. The Morgan fingerprint density at radius 3 is 2.53 bits per heavy atom. The lowest BCUT2D eigenvalue weighted by Gasteiger charge is -2.15. The third-order valence-corrected chi connectivity index (χ3v) is 2.12. The summed E-state index contributed by atoms with van der Waals surface area (Å²) in [7, 11) is 1.60. The summed E-state index contributed by atoms with van der Waals surface area (Å²) in [5, 5.41) is 0. The Morgan fingerprint density at radius 2 is 1.88 bits per heavy atom. The van der Waals surface area contributed by atoms with Crippen molar-refractivity contribution in [1.82, 2.24) is 4.98 Å². The zero-order valence-electron chi connectivity index (χ0n) is 9.54.